The number of hydrogen-bond donors (Lipinski definition) is 1. The molecule has 1 nitrogen and oxygen atoms in total. The molecule has 1 rings (SSSR count). The number of rotatable bonds is 0. The lowest BCUT2D eigenvalue weighted by atomic mass is 9.51. The van der Waals surface area contributed by atoms with E-state index in [0.29, 0.717) is 16.2 Å². The van der Waals surface area contributed by atoms with Crippen molar-refractivity contribution in [2.45, 2.75) is 41.5 Å². The van der Waals surface area contributed by atoms with Gasteiger partial charge in [-0.05, 0) is 10.8 Å². The molecule has 0 aromatic rings. The molecule has 0 unspecified atom stereocenters. The van der Waals surface area contributed by atoms with Gasteiger partial charge in [0.25, 0.3) is 0 Å². The lowest BCUT2D eigenvalue weighted by molar-refractivity contribution is -0.0768. The largest absolute Gasteiger partial charge is 0.315 e. The molecule has 0 atom stereocenters. The van der Waals surface area contributed by atoms with E-state index in [4.69, 9.17) is 0 Å². The third-order valence-electron chi connectivity index (χ3n) is 3.72. The highest BCUT2D eigenvalue weighted by atomic mass is 15.0. The predicted molar refractivity (Wildman–Crippen MR) is 54.2 cm³/mol. The van der Waals surface area contributed by atoms with Crippen LogP contribution in [0.4, 0.5) is 0 Å². The Bertz CT molecular complexity index is 148. The highest BCUT2D eigenvalue weighted by Gasteiger charge is 2.54. The molecule has 12 heavy (non-hydrogen) atoms. The van der Waals surface area contributed by atoms with E-state index < -0.39 is 0 Å². The first-order chi connectivity index (χ1) is 5.21. The second kappa shape index (κ2) is 2.47. The van der Waals surface area contributed by atoms with E-state index in [0.717, 1.165) is 0 Å². The van der Waals surface area contributed by atoms with Crippen molar-refractivity contribution in [2.75, 3.05) is 13.1 Å². The SMILES string of the molecule is CC(C)(C)C1(C(C)(C)C)CNC1. The monoisotopic (exact) mass is 169 g/mol. The summed E-state index contributed by atoms with van der Waals surface area (Å²) in [6, 6.07) is 0. The van der Waals surface area contributed by atoms with Crippen LogP contribution in [-0.2, 0) is 0 Å². The van der Waals surface area contributed by atoms with Crippen LogP contribution in [0.15, 0.2) is 0 Å². The van der Waals surface area contributed by atoms with Crippen LogP contribution in [0, 0.1) is 16.2 Å². The Morgan fingerprint density at radius 3 is 1.17 bits per heavy atom. The van der Waals surface area contributed by atoms with E-state index in [1.54, 1.807) is 0 Å². The van der Waals surface area contributed by atoms with Gasteiger partial charge >= 0.3 is 0 Å². The Hall–Kier alpha value is -0.0400. The van der Waals surface area contributed by atoms with Gasteiger partial charge in [0.2, 0.25) is 0 Å². The van der Waals surface area contributed by atoms with Gasteiger partial charge < -0.3 is 5.32 Å². The minimum Gasteiger partial charge on any atom is -0.315 e. The van der Waals surface area contributed by atoms with Crippen molar-refractivity contribution in [2.24, 2.45) is 16.2 Å². The van der Waals surface area contributed by atoms with Crippen molar-refractivity contribution >= 4 is 0 Å². The lowest BCUT2D eigenvalue weighted by Gasteiger charge is -2.60. The van der Waals surface area contributed by atoms with E-state index in [9.17, 15) is 0 Å². The van der Waals surface area contributed by atoms with Gasteiger partial charge in [0.1, 0.15) is 0 Å². The molecule has 1 aliphatic heterocycles. The van der Waals surface area contributed by atoms with Crippen LogP contribution < -0.4 is 5.32 Å². The summed E-state index contributed by atoms with van der Waals surface area (Å²) in [6.07, 6.45) is 0. The molecule has 1 N–H and O–H groups in total. The molecule has 0 aliphatic carbocycles. The van der Waals surface area contributed by atoms with Gasteiger partial charge in [-0.3, -0.25) is 0 Å². The van der Waals surface area contributed by atoms with E-state index in [1.807, 2.05) is 0 Å². The first kappa shape index (κ1) is 10.0. The first-order valence-corrected chi connectivity index (χ1v) is 4.91. The van der Waals surface area contributed by atoms with E-state index >= 15 is 0 Å². The van der Waals surface area contributed by atoms with Crippen molar-refractivity contribution in [3.8, 4) is 0 Å². The quantitative estimate of drug-likeness (QED) is 0.588. The summed E-state index contributed by atoms with van der Waals surface area (Å²) < 4.78 is 0. The highest BCUT2D eigenvalue weighted by Crippen LogP contribution is 2.53. The summed E-state index contributed by atoms with van der Waals surface area (Å²) >= 11 is 0. The highest BCUT2D eigenvalue weighted by molar-refractivity contribution is 5.06. The van der Waals surface area contributed by atoms with Crippen molar-refractivity contribution in [3.05, 3.63) is 0 Å². The topological polar surface area (TPSA) is 12.0 Å². The zero-order chi connectivity index (χ0) is 9.62. The van der Waals surface area contributed by atoms with Crippen molar-refractivity contribution in [1.82, 2.24) is 5.32 Å². The summed E-state index contributed by atoms with van der Waals surface area (Å²) in [6.45, 7) is 16.5. The standard InChI is InChI=1S/C11H23N/c1-9(2,3)11(7-12-8-11)10(4,5)6/h12H,7-8H2,1-6H3. The fourth-order valence-electron chi connectivity index (χ4n) is 2.56. The van der Waals surface area contributed by atoms with Gasteiger partial charge in [-0.25, -0.2) is 0 Å². The van der Waals surface area contributed by atoms with Crippen LogP contribution >= 0.6 is 0 Å². The van der Waals surface area contributed by atoms with Crippen LogP contribution in [0.5, 0.6) is 0 Å². The molecule has 1 heteroatoms. The predicted octanol–water partition coefficient (Wildman–Crippen LogP) is 2.67. The molecule has 1 aliphatic rings. The van der Waals surface area contributed by atoms with Gasteiger partial charge in [-0.2, -0.15) is 0 Å². The second-order valence-electron chi connectivity index (χ2n) is 6.19. The molecule has 0 radical (unpaired) electrons. The summed E-state index contributed by atoms with van der Waals surface area (Å²) in [5, 5.41) is 3.42. The Balaban J connectivity index is 2.92. The van der Waals surface area contributed by atoms with E-state index in [-0.39, 0.29) is 0 Å². The van der Waals surface area contributed by atoms with Gasteiger partial charge in [0.05, 0.1) is 0 Å². The van der Waals surface area contributed by atoms with Crippen molar-refractivity contribution in [1.29, 1.82) is 0 Å². The maximum atomic E-state index is 3.42. The summed E-state index contributed by atoms with van der Waals surface area (Å²) in [4.78, 5) is 0. The minimum absolute atomic E-state index is 0.413. The molecule has 0 bridgehead atoms. The molecular weight excluding hydrogens is 146 g/mol. The number of nitrogens with one attached hydrogen (secondary N) is 1. The molecule has 0 saturated carbocycles. The Kier molecular flexibility index (Phi) is 2.07. The molecule has 0 spiro atoms. The zero-order valence-corrected chi connectivity index (χ0v) is 9.41. The molecule has 1 saturated heterocycles. The van der Waals surface area contributed by atoms with Crippen LogP contribution in [0.1, 0.15) is 41.5 Å². The smallest absolute Gasteiger partial charge is 0.00494 e. The van der Waals surface area contributed by atoms with Gasteiger partial charge in [0.15, 0.2) is 0 Å². The molecular formula is C11H23N. The van der Waals surface area contributed by atoms with Crippen LogP contribution in [-0.4, -0.2) is 13.1 Å². The first-order valence-electron chi connectivity index (χ1n) is 4.91. The Morgan fingerprint density at radius 2 is 1.17 bits per heavy atom. The van der Waals surface area contributed by atoms with Crippen LogP contribution in [0.3, 0.4) is 0 Å². The Morgan fingerprint density at radius 1 is 0.833 bits per heavy atom. The molecule has 1 fully saturated rings. The number of hydrogen-bond acceptors (Lipinski definition) is 1. The molecule has 0 aromatic carbocycles. The average molecular weight is 169 g/mol. The second-order valence-corrected chi connectivity index (χ2v) is 6.19. The lowest BCUT2D eigenvalue weighted by Crippen LogP contribution is -2.66. The van der Waals surface area contributed by atoms with Crippen molar-refractivity contribution in [3.63, 3.8) is 0 Å². The van der Waals surface area contributed by atoms with Gasteiger partial charge in [0, 0.05) is 18.5 Å². The molecule has 1 heterocycles. The summed E-state index contributed by atoms with van der Waals surface area (Å²) in [5.41, 5.74) is 1.31. The molecule has 0 aromatic heterocycles. The van der Waals surface area contributed by atoms with E-state index in [1.165, 1.54) is 13.1 Å². The van der Waals surface area contributed by atoms with Crippen molar-refractivity contribution < 1.29 is 0 Å². The average Bonchev–Trinajstić information content (AvgIpc) is 1.47. The fourth-order valence-corrected chi connectivity index (χ4v) is 2.56. The van der Waals surface area contributed by atoms with Crippen LogP contribution in [0.25, 0.3) is 0 Å². The van der Waals surface area contributed by atoms with E-state index in [2.05, 4.69) is 46.9 Å². The minimum atomic E-state index is 0.413. The third-order valence-corrected chi connectivity index (χ3v) is 3.72. The zero-order valence-electron chi connectivity index (χ0n) is 9.41. The summed E-state index contributed by atoms with van der Waals surface area (Å²) in [5.74, 6) is 0. The van der Waals surface area contributed by atoms with Crippen LogP contribution in [0.2, 0.25) is 0 Å². The Labute approximate surface area is 76.9 Å². The summed E-state index contributed by atoms with van der Waals surface area (Å²) in [7, 11) is 0. The van der Waals surface area contributed by atoms with Gasteiger partial charge in [-0.1, -0.05) is 41.5 Å². The molecule has 72 valence electrons. The fraction of sp³-hybridized carbons (Fsp3) is 1.00. The van der Waals surface area contributed by atoms with Gasteiger partial charge in [-0.15, -0.1) is 0 Å². The normalized spacial score (nSPS) is 23.5. The maximum Gasteiger partial charge on any atom is 0.00494 e. The maximum absolute atomic E-state index is 3.42. The molecule has 0 amide bonds. The third kappa shape index (κ3) is 1.19.